The van der Waals surface area contributed by atoms with Crippen LogP contribution in [-0.2, 0) is 0 Å². The zero-order chi connectivity index (χ0) is 15.4. The van der Waals surface area contributed by atoms with E-state index in [1.54, 1.807) is 31.2 Å². The fourth-order valence-electron chi connectivity index (χ4n) is 1.86. The number of nitrogens with zero attached hydrogens (tertiary/aromatic N) is 2. The number of aryl methyl sites for hydroxylation is 1. The first kappa shape index (κ1) is 14.4. The molecule has 2 aromatic rings. The Hall–Kier alpha value is -2.96. The highest BCUT2D eigenvalue weighted by Crippen LogP contribution is 2.24. The van der Waals surface area contributed by atoms with E-state index in [-0.39, 0.29) is 11.3 Å². The summed E-state index contributed by atoms with van der Waals surface area (Å²) >= 11 is 0. The minimum Gasteiger partial charge on any atom is -0.481 e. The molecule has 7 heteroatoms. The number of amides is 1. The molecule has 0 saturated heterocycles. The Labute approximate surface area is 120 Å². The first-order valence-electron chi connectivity index (χ1n) is 6.08. The zero-order valence-corrected chi connectivity index (χ0v) is 11.5. The number of anilines is 1. The first-order valence-corrected chi connectivity index (χ1v) is 6.08. The molecule has 0 aliphatic carbocycles. The number of nitro groups is 1. The number of aromatic nitrogens is 1. The molecule has 21 heavy (non-hydrogen) atoms. The average Bonchev–Trinajstić information content (AvgIpc) is 2.47. The predicted octanol–water partition coefficient (Wildman–Crippen LogP) is 2.56. The molecule has 1 N–H and O–H groups in total. The quantitative estimate of drug-likeness (QED) is 0.688. The van der Waals surface area contributed by atoms with Crippen LogP contribution < -0.4 is 10.1 Å². The summed E-state index contributed by atoms with van der Waals surface area (Å²) in [5.41, 5.74) is 0.671. The monoisotopic (exact) mass is 287 g/mol. The Kier molecular flexibility index (Phi) is 4.13. The van der Waals surface area contributed by atoms with Crippen molar-refractivity contribution in [2.75, 3.05) is 12.4 Å². The highest BCUT2D eigenvalue weighted by atomic mass is 16.6. The summed E-state index contributed by atoms with van der Waals surface area (Å²) in [6, 6.07) is 7.79. The van der Waals surface area contributed by atoms with E-state index >= 15 is 0 Å². The number of pyridine rings is 1. The largest absolute Gasteiger partial charge is 0.481 e. The molecule has 1 aromatic heterocycles. The Morgan fingerprint density at radius 1 is 1.33 bits per heavy atom. The maximum atomic E-state index is 12.2. The number of nitro benzene ring substituents is 1. The molecule has 7 nitrogen and oxygen atoms in total. The summed E-state index contributed by atoms with van der Waals surface area (Å²) in [5.74, 6) is -0.146. The molecule has 1 amide bonds. The molecule has 2 rings (SSSR count). The number of rotatable bonds is 4. The number of ether oxygens (including phenoxy) is 1. The Balaban J connectivity index is 2.28. The minimum absolute atomic E-state index is 0.0100. The van der Waals surface area contributed by atoms with Crippen LogP contribution in [0, 0.1) is 17.0 Å². The second kappa shape index (κ2) is 6.00. The van der Waals surface area contributed by atoms with Crippen LogP contribution in [0.1, 0.15) is 15.9 Å². The summed E-state index contributed by atoms with van der Waals surface area (Å²) in [7, 11) is 1.48. The molecule has 1 heterocycles. The van der Waals surface area contributed by atoms with E-state index in [2.05, 4.69) is 10.3 Å². The van der Waals surface area contributed by atoms with Crippen LogP contribution in [0.2, 0.25) is 0 Å². The number of methoxy groups -OCH3 is 1. The zero-order valence-electron chi connectivity index (χ0n) is 11.5. The molecule has 0 fully saturated rings. The maximum absolute atomic E-state index is 12.2. The van der Waals surface area contributed by atoms with Gasteiger partial charge in [0.15, 0.2) is 0 Å². The van der Waals surface area contributed by atoms with Gasteiger partial charge in [0.05, 0.1) is 23.9 Å². The van der Waals surface area contributed by atoms with Gasteiger partial charge in [-0.25, -0.2) is 4.98 Å². The molecular weight excluding hydrogens is 274 g/mol. The normalized spacial score (nSPS) is 10.0. The third kappa shape index (κ3) is 3.14. The number of benzene rings is 1. The van der Waals surface area contributed by atoms with E-state index in [0.29, 0.717) is 17.1 Å². The third-order valence-corrected chi connectivity index (χ3v) is 2.87. The smallest absolute Gasteiger partial charge is 0.285 e. The van der Waals surface area contributed by atoms with Gasteiger partial charge >= 0.3 is 0 Å². The van der Waals surface area contributed by atoms with Gasteiger partial charge in [0.2, 0.25) is 5.88 Å². The predicted molar refractivity (Wildman–Crippen MR) is 76.6 cm³/mol. The van der Waals surface area contributed by atoms with E-state index in [4.69, 9.17) is 4.74 Å². The molecule has 0 aliphatic rings. The maximum Gasteiger partial charge on any atom is 0.285 e. The highest BCUT2D eigenvalue weighted by Gasteiger charge is 2.22. The summed E-state index contributed by atoms with van der Waals surface area (Å²) in [6.45, 7) is 1.59. The lowest BCUT2D eigenvalue weighted by atomic mass is 10.1. The number of hydrogen-bond acceptors (Lipinski definition) is 5. The highest BCUT2D eigenvalue weighted by molar-refractivity contribution is 6.07. The first-order chi connectivity index (χ1) is 10.0. The Morgan fingerprint density at radius 2 is 2.10 bits per heavy atom. The summed E-state index contributed by atoms with van der Waals surface area (Å²) in [5, 5.41) is 13.7. The van der Waals surface area contributed by atoms with Crippen molar-refractivity contribution in [3.8, 4) is 5.88 Å². The number of para-hydroxylation sites is 1. The number of nitrogens with one attached hydrogen (secondary N) is 1. The van der Waals surface area contributed by atoms with Crippen molar-refractivity contribution >= 4 is 17.3 Å². The van der Waals surface area contributed by atoms with Crippen LogP contribution in [-0.4, -0.2) is 22.9 Å². The van der Waals surface area contributed by atoms with Crippen LogP contribution >= 0.6 is 0 Å². The van der Waals surface area contributed by atoms with E-state index < -0.39 is 10.8 Å². The molecule has 0 radical (unpaired) electrons. The van der Waals surface area contributed by atoms with Crippen molar-refractivity contribution < 1.29 is 14.5 Å². The van der Waals surface area contributed by atoms with Gasteiger partial charge in [-0.1, -0.05) is 12.1 Å². The third-order valence-electron chi connectivity index (χ3n) is 2.87. The molecule has 108 valence electrons. The molecule has 0 unspecified atom stereocenters. The SMILES string of the molecule is COc1ccc(NC(=O)c2cccc(C)c2[N+](=O)[O-])cn1. The average molecular weight is 287 g/mol. The lowest BCUT2D eigenvalue weighted by Crippen LogP contribution is -2.14. The molecule has 1 aromatic carbocycles. The lowest BCUT2D eigenvalue weighted by Gasteiger charge is -2.07. The van der Waals surface area contributed by atoms with Gasteiger partial charge in [0.25, 0.3) is 11.6 Å². The Morgan fingerprint density at radius 3 is 2.67 bits per heavy atom. The summed E-state index contributed by atoms with van der Waals surface area (Å²) in [6.07, 6.45) is 1.42. The van der Waals surface area contributed by atoms with Crippen LogP contribution in [0.25, 0.3) is 0 Å². The van der Waals surface area contributed by atoms with Crippen molar-refractivity contribution in [2.45, 2.75) is 6.92 Å². The molecule has 0 atom stereocenters. The van der Waals surface area contributed by atoms with E-state index in [1.807, 2.05) is 0 Å². The molecular formula is C14H13N3O4. The topological polar surface area (TPSA) is 94.4 Å². The molecule has 0 aliphatic heterocycles. The molecule has 0 bridgehead atoms. The van der Waals surface area contributed by atoms with Crippen LogP contribution in [0.5, 0.6) is 5.88 Å². The standard InChI is InChI=1S/C14H13N3O4/c1-9-4-3-5-11(13(9)17(19)20)14(18)16-10-6-7-12(21-2)15-8-10/h3-8H,1-2H3,(H,16,18). The van der Waals surface area contributed by atoms with Crippen LogP contribution in [0.3, 0.4) is 0 Å². The Bertz CT molecular complexity index is 683. The number of carbonyl (C=O) groups is 1. The second-order valence-corrected chi connectivity index (χ2v) is 4.27. The lowest BCUT2D eigenvalue weighted by molar-refractivity contribution is -0.385. The van der Waals surface area contributed by atoms with Crippen LogP contribution in [0.15, 0.2) is 36.5 Å². The fraction of sp³-hybridized carbons (Fsp3) is 0.143. The molecule has 0 saturated carbocycles. The van der Waals surface area contributed by atoms with Crippen LogP contribution in [0.4, 0.5) is 11.4 Å². The van der Waals surface area contributed by atoms with Crippen molar-refractivity contribution in [2.24, 2.45) is 0 Å². The number of hydrogen-bond donors (Lipinski definition) is 1. The van der Waals surface area contributed by atoms with Gasteiger partial charge < -0.3 is 10.1 Å². The van der Waals surface area contributed by atoms with Crippen molar-refractivity contribution in [3.05, 3.63) is 57.8 Å². The second-order valence-electron chi connectivity index (χ2n) is 4.27. The van der Waals surface area contributed by atoms with Gasteiger partial charge in [0, 0.05) is 11.6 Å². The van der Waals surface area contributed by atoms with Gasteiger partial charge in [0.1, 0.15) is 5.56 Å². The van der Waals surface area contributed by atoms with Crippen molar-refractivity contribution in [1.82, 2.24) is 4.98 Å². The summed E-state index contributed by atoms with van der Waals surface area (Å²) in [4.78, 5) is 26.6. The van der Waals surface area contributed by atoms with Gasteiger partial charge in [-0.15, -0.1) is 0 Å². The van der Waals surface area contributed by atoms with E-state index in [0.717, 1.165) is 0 Å². The number of carbonyl (C=O) groups excluding carboxylic acids is 1. The fourth-order valence-corrected chi connectivity index (χ4v) is 1.86. The molecule has 0 spiro atoms. The van der Waals surface area contributed by atoms with E-state index in [1.165, 1.54) is 19.4 Å². The van der Waals surface area contributed by atoms with Gasteiger partial charge in [-0.3, -0.25) is 14.9 Å². The minimum atomic E-state index is -0.559. The van der Waals surface area contributed by atoms with E-state index in [9.17, 15) is 14.9 Å². The van der Waals surface area contributed by atoms with Gasteiger partial charge in [-0.2, -0.15) is 0 Å². The van der Waals surface area contributed by atoms with Gasteiger partial charge in [-0.05, 0) is 19.1 Å². The van der Waals surface area contributed by atoms with Crippen molar-refractivity contribution in [3.63, 3.8) is 0 Å². The van der Waals surface area contributed by atoms with Crippen molar-refractivity contribution in [1.29, 1.82) is 0 Å². The summed E-state index contributed by atoms with van der Waals surface area (Å²) < 4.78 is 4.91.